The zero-order chi connectivity index (χ0) is 25.4. The molecule has 0 radical (unpaired) electrons. The number of Topliss-reactive ketones (excluding diaryl/α,β-unsaturated/α-hetero) is 1. The normalized spacial score (nSPS) is 19.8. The number of unbranched alkanes of at least 4 members (excludes halogenated alkanes) is 1. The van der Waals surface area contributed by atoms with Crippen molar-refractivity contribution in [1.82, 2.24) is 4.31 Å². The van der Waals surface area contributed by atoms with Crippen molar-refractivity contribution in [2.24, 2.45) is 0 Å². The van der Waals surface area contributed by atoms with E-state index in [9.17, 15) is 13.2 Å². The van der Waals surface area contributed by atoms with E-state index in [0.29, 0.717) is 17.9 Å². The Labute approximate surface area is 211 Å². The van der Waals surface area contributed by atoms with Crippen molar-refractivity contribution in [2.75, 3.05) is 13.1 Å². The summed E-state index contributed by atoms with van der Waals surface area (Å²) in [6.45, 7) is 11.5. The maximum absolute atomic E-state index is 14.1. The third kappa shape index (κ3) is 5.02. The highest BCUT2D eigenvalue weighted by molar-refractivity contribution is 7.89. The van der Waals surface area contributed by atoms with Gasteiger partial charge in [-0.2, -0.15) is 4.31 Å². The van der Waals surface area contributed by atoms with E-state index in [1.165, 1.54) is 5.57 Å². The van der Waals surface area contributed by atoms with E-state index < -0.39 is 18.1 Å². The molecule has 0 amide bonds. The smallest absolute Gasteiger partial charge is 0.243 e. The average molecular weight is 508 g/mol. The van der Waals surface area contributed by atoms with Gasteiger partial charge in [0.25, 0.3) is 0 Å². The molecule has 35 heavy (non-hydrogen) atoms. The number of hydrogen-bond acceptors (Lipinski definition) is 3. The van der Waals surface area contributed by atoms with Crippen LogP contribution < -0.4 is 0 Å². The lowest BCUT2D eigenvalue weighted by atomic mass is 9.85. The van der Waals surface area contributed by atoms with Crippen molar-refractivity contribution in [3.63, 3.8) is 0 Å². The summed E-state index contributed by atoms with van der Waals surface area (Å²) in [6.07, 6.45) is 3.67. The third-order valence-electron chi connectivity index (χ3n) is 7.18. The number of nitrogens with zero attached hydrogens (tertiary/aromatic N) is 1. The highest BCUT2D eigenvalue weighted by atomic mass is 32.2. The van der Waals surface area contributed by atoms with Gasteiger partial charge in [0.1, 0.15) is 0 Å². The number of aryl methyl sites for hydroxylation is 1. The van der Waals surface area contributed by atoms with Gasteiger partial charge in [0, 0.05) is 13.1 Å². The summed E-state index contributed by atoms with van der Waals surface area (Å²) >= 11 is 0. The van der Waals surface area contributed by atoms with E-state index in [-0.39, 0.29) is 18.2 Å². The summed E-state index contributed by atoms with van der Waals surface area (Å²) in [5.41, 5.74) is 5.42. The Balaban J connectivity index is 1.88. The van der Waals surface area contributed by atoms with Crippen LogP contribution in [0.4, 0.5) is 0 Å². The Morgan fingerprint density at radius 2 is 1.66 bits per heavy atom. The van der Waals surface area contributed by atoms with Crippen LogP contribution in [0.25, 0.3) is 0 Å². The molecule has 2 aromatic carbocycles. The van der Waals surface area contributed by atoms with Gasteiger partial charge in [-0.15, -0.1) is 0 Å². The Bertz CT molecular complexity index is 1270. The highest BCUT2D eigenvalue weighted by Crippen LogP contribution is 2.48. The minimum absolute atomic E-state index is 0.184. The van der Waals surface area contributed by atoms with E-state index in [0.717, 1.165) is 46.7 Å². The molecule has 0 spiro atoms. The molecular formula is C29H37NO3SSi. The van der Waals surface area contributed by atoms with Crippen LogP contribution in [-0.4, -0.2) is 39.7 Å². The number of allylic oxidation sites excluding steroid dienone is 1. The minimum atomic E-state index is -3.68. The SMILES string of the molecule is CCCCC1=C2C(=C([Si](C)(C)C)C(=O)[C@@H]2c2ccccc2)CN(S(=O)(=O)c2ccc(C)cc2)CC1. The predicted molar refractivity (Wildman–Crippen MR) is 146 cm³/mol. The number of carbonyl (C=O) groups is 1. The van der Waals surface area contributed by atoms with Gasteiger partial charge in [-0.25, -0.2) is 8.42 Å². The molecule has 4 rings (SSSR count). The highest BCUT2D eigenvalue weighted by Gasteiger charge is 2.46. The first-order chi connectivity index (χ1) is 16.6. The van der Waals surface area contributed by atoms with Gasteiger partial charge >= 0.3 is 0 Å². The largest absolute Gasteiger partial charge is 0.294 e. The quantitative estimate of drug-likeness (QED) is 0.407. The Kier molecular flexibility index (Phi) is 7.37. The Hall–Kier alpha value is -2.28. The molecule has 0 fully saturated rings. The first-order valence-corrected chi connectivity index (χ1v) is 17.6. The number of rotatable bonds is 7. The van der Waals surface area contributed by atoms with E-state index in [1.54, 1.807) is 16.4 Å². The van der Waals surface area contributed by atoms with Crippen molar-refractivity contribution in [3.05, 3.63) is 87.6 Å². The number of benzene rings is 2. The zero-order valence-electron chi connectivity index (χ0n) is 21.6. The summed E-state index contributed by atoms with van der Waals surface area (Å²) < 4.78 is 29.1. The second kappa shape index (κ2) is 10.00. The van der Waals surface area contributed by atoms with Crippen molar-refractivity contribution >= 4 is 23.9 Å². The lowest BCUT2D eigenvalue weighted by molar-refractivity contribution is -0.115. The Morgan fingerprint density at radius 1 is 1.00 bits per heavy atom. The molecule has 0 N–H and O–H groups in total. The van der Waals surface area contributed by atoms with E-state index in [1.807, 2.05) is 49.4 Å². The molecule has 2 aromatic rings. The fourth-order valence-corrected chi connectivity index (χ4v) is 8.88. The number of ketones is 1. The first kappa shape index (κ1) is 25.8. The molecule has 1 atom stereocenters. The summed E-state index contributed by atoms with van der Waals surface area (Å²) in [5, 5.41) is 0.918. The number of fused-ring (bicyclic) bond motifs is 1. The molecule has 2 aliphatic rings. The standard InChI is InChI=1S/C29H37NO3SSi/c1-6-7-11-23-18-19-30(34(32,33)24-16-14-21(2)15-17-24)20-25-26(23)27(22-12-9-8-10-13-22)28(31)29(25)35(3,4)5/h8-10,12-17,27H,6-7,11,18-20H2,1-5H3/t27-/m1/s1. The zero-order valence-corrected chi connectivity index (χ0v) is 23.4. The van der Waals surface area contributed by atoms with Crippen LogP contribution in [0.1, 0.15) is 49.7 Å². The molecule has 6 heteroatoms. The monoisotopic (exact) mass is 507 g/mol. The average Bonchev–Trinajstić information content (AvgIpc) is 2.98. The first-order valence-electron chi connectivity index (χ1n) is 12.7. The number of carbonyl (C=O) groups excluding carboxylic acids is 1. The summed E-state index contributed by atoms with van der Waals surface area (Å²) in [4.78, 5) is 14.4. The second-order valence-electron chi connectivity index (χ2n) is 10.8. The fraction of sp³-hybridized carbons (Fsp3) is 0.414. The van der Waals surface area contributed by atoms with Crippen molar-refractivity contribution in [1.29, 1.82) is 0 Å². The number of sulfonamides is 1. The van der Waals surface area contributed by atoms with Crippen LogP contribution in [0.5, 0.6) is 0 Å². The van der Waals surface area contributed by atoms with Crippen LogP contribution in [0.15, 0.2) is 81.4 Å². The van der Waals surface area contributed by atoms with E-state index >= 15 is 0 Å². The molecule has 0 saturated carbocycles. The van der Waals surface area contributed by atoms with Crippen LogP contribution in [0.2, 0.25) is 19.6 Å². The summed E-state index contributed by atoms with van der Waals surface area (Å²) in [6, 6.07) is 17.1. The van der Waals surface area contributed by atoms with Gasteiger partial charge < -0.3 is 0 Å². The van der Waals surface area contributed by atoms with Gasteiger partial charge in [-0.3, -0.25) is 4.79 Å². The lowest BCUT2D eigenvalue weighted by Crippen LogP contribution is -2.35. The van der Waals surface area contributed by atoms with Gasteiger partial charge in [0.15, 0.2) is 5.78 Å². The minimum Gasteiger partial charge on any atom is -0.294 e. The summed E-state index contributed by atoms with van der Waals surface area (Å²) in [7, 11) is -5.73. The number of hydrogen-bond donors (Lipinski definition) is 0. The Morgan fingerprint density at radius 3 is 2.26 bits per heavy atom. The van der Waals surface area contributed by atoms with Crippen LogP contribution in [0, 0.1) is 6.92 Å². The van der Waals surface area contributed by atoms with Crippen LogP contribution in [-0.2, 0) is 14.8 Å². The molecule has 0 unspecified atom stereocenters. The maximum Gasteiger partial charge on any atom is 0.243 e. The molecule has 4 nitrogen and oxygen atoms in total. The van der Waals surface area contributed by atoms with Crippen molar-refractivity contribution in [3.8, 4) is 0 Å². The molecule has 1 heterocycles. The fourth-order valence-electron chi connectivity index (χ4n) is 5.46. The molecule has 1 aliphatic carbocycles. The molecule has 0 saturated heterocycles. The molecule has 0 bridgehead atoms. The van der Waals surface area contributed by atoms with Crippen molar-refractivity contribution in [2.45, 2.75) is 70.0 Å². The lowest BCUT2D eigenvalue weighted by Gasteiger charge is -2.24. The van der Waals surface area contributed by atoms with Gasteiger partial charge in [-0.1, -0.05) is 86.6 Å². The molecule has 186 valence electrons. The maximum atomic E-state index is 14.1. The van der Waals surface area contributed by atoms with Gasteiger partial charge in [0.05, 0.1) is 18.9 Å². The van der Waals surface area contributed by atoms with E-state index in [2.05, 4.69) is 26.6 Å². The van der Waals surface area contributed by atoms with Crippen molar-refractivity contribution < 1.29 is 13.2 Å². The van der Waals surface area contributed by atoms with Gasteiger partial charge in [0.2, 0.25) is 10.0 Å². The van der Waals surface area contributed by atoms with Crippen LogP contribution >= 0.6 is 0 Å². The second-order valence-corrected chi connectivity index (χ2v) is 17.8. The predicted octanol–water partition coefficient (Wildman–Crippen LogP) is 6.42. The molecular weight excluding hydrogens is 470 g/mol. The van der Waals surface area contributed by atoms with E-state index in [4.69, 9.17) is 0 Å². The van der Waals surface area contributed by atoms with Crippen LogP contribution in [0.3, 0.4) is 0 Å². The molecule has 1 aliphatic heterocycles. The third-order valence-corrected chi connectivity index (χ3v) is 11.1. The van der Waals surface area contributed by atoms with Gasteiger partial charge in [-0.05, 0) is 60.2 Å². The topological polar surface area (TPSA) is 54.5 Å². The summed E-state index contributed by atoms with van der Waals surface area (Å²) in [5.74, 6) is -0.134. The molecule has 0 aromatic heterocycles.